The topological polar surface area (TPSA) is 79.3 Å². The van der Waals surface area contributed by atoms with Crippen LogP contribution in [0.4, 0.5) is 0 Å². The molecule has 0 bridgehead atoms. The van der Waals surface area contributed by atoms with Crippen molar-refractivity contribution < 1.29 is 24.2 Å². The van der Waals surface area contributed by atoms with Gasteiger partial charge in [0, 0.05) is 52.2 Å². The largest absolute Gasteiger partial charge is 0.493 e. The lowest BCUT2D eigenvalue weighted by Crippen LogP contribution is -2.35. The summed E-state index contributed by atoms with van der Waals surface area (Å²) in [4.78, 5) is 30.0. The van der Waals surface area contributed by atoms with Crippen molar-refractivity contribution in [1.29, 1.82) is 0 Å². The Morgan fingerprint density at radius 1 is 1.15 bits per heavy atom. The summed E-state index contributed by atoms with van der Waals surface area (Å²) in [5, 5.41) is 12.6. The van der Waals surface area contributed by atoms with E-state index in [9.17, 15) is 14.7 Å². The zero-order chi connectivity index (χ0) is 28.9. The Balaban J connectivity index is 1.19. The number of aromatic carboxylic acids is 1. The Kier molecular flexibility index (Phi) is 10.0. The second-order valence-electron chi connectivity index (χ2n) is 9.41. The van der Waals surface area contributed by atoms with Crippen LogP contribution in [0.15, 0.2) is 52.7 Å². The van der Waals surface area contributed by atoms with Crippen LogP contribution < -0.4 is 4.74 Å². The van der Waals surface area contributed by atoms with Crippen LogP contribution in [-0.4, -0.2) is 70.6 Å². The molecule has 1 aromatic heterocycles. The highest BCUT2D eigenvalue weighted by atomic mass is 35.5. The molecule has 0 atom stereocenters. The number of ether oxygens (including phenoxy) is 2. The van der Waals surface area contributed by atoms with Crippen LogP contribution in [0.25, 0.3) is 17.2 Å². The van der Waals surface area contributed by atoms with Gasteiger partial charge in [0.15, 0.2) is 0 Å². The average molecular weight is 650 g/mol. The molecule has 0 unspecified atom stereocenters. The summed E-state index contributed by atoms with van der Waals surface area (Å²) < 4.78 is 12.0. The number of rotatable bonds is 10. The first-order valence-electron chi connectivity index (χ1n) is 12.9. The molecule has 2 aliphatic rings. The number of hydrogen-bond donors (Lipinski definition) is 1. The Labute approximate surface area is 261 Å². The number of thiocarbonyl (C=S) groups is 1. The van der Waals surface area contributed by atoms with Crippen molar-refractivity contribution in [1.82, 2.24) is 9.80 Å². The van der Waals surface area contributed by atoms with Crippen LogP contribution in [0.1, 0.15) is 27.2 Å². The van der Waals surface area contributed by atoms with Gasteiger partial charge < -0.3 is 14.6 Å². The maximum absolute atomic E-state index is 13.1. The standard InChI is InChI=1S/C29H26Cl2N2O5S3/c30-21-3-4-24(31)23(14-21)20-13-22(40-17-20)15-26-27(34)33(29(39)41-26)6-1-9-38-25-5-2-18(28(35)36)12-19(25)16-32-7-10-37-11-8-32/h2-5,12-15,17H,1,6-11,16H2,(H,35,36). The number of halogens is 2. The van der Waals surface area contributed by atoms with Gasteiger partial charge in [-0.05, 0) is 65.9 Å². The van der Waals surface area contributed by atoms with E-state index in [2.05, 4.69) is 4.90 Å². The summed E-state index contributed by atoms with van der Waals surface area (Å²) in [5.41, 5.74) is 2.81. The van der Waals surface area contributed by atoms with Crippen LogP contribution in [0, 0.1) is 0 Å². The SMILES string of the molecule is O=C(O)c1ccc(OCCCN2C(=O)C(=Cc3cc(-c4cc(Cl)ccc4Cl)cs3)SC2=S)c(CN2CCOCC2)c1. The third kappa shape index (κ3) is 7.50. The molecule has 0 aliphatic carbocycles. The fourth-order valence-electron chi connectivity index (χ4n) is 4.49. The smallest absolute Gasteiger partial charge is 0.335 e. The number of thioether (sulfide) groups is 1. The lowest BCUT2D eigenvalue weighted by molar-refractivity contribution is -0.122. The molecular weight excluding hydrogens is 623 g/mol. The number of thiophene rings is 1. The van der Waals surface area contributed by atoms with Crippen LogP contribution in [0.2, 0.25) is 10.0 Å². The summed E-state index contributed by atoms with van der Waals surface area (Å²) >= 11 is 20.8. The number of carboxylic acid groups (broad SMARTS) is 1. The third-order valence-corrected chi connectivity index (χ3v) is 9.42. The van der Waals surface area contributed by atoms with E-state index >= 15 is 0 Å². The van der Waals surface area contributed by atoms with Gasteiger partial charge in [-0.3, -0.25) is 14.6 Å². The van der Waals surface area contributed by atoms with Crippen LogP contribution in [-0.2, 0) is 16.1 Å². The molecule has 2 saturated heterocycles. The Hall–Kier alpha value is -2.44. The van der Waals surface area contributed by atoms with Gasteiger partial charge in [-0.25, -0.2) is 4.79 Å². The summed E-state index contributed by atoms with van der Waals surface area (Å²) in [6.07, 6.45) is 2.41. The van der Waals surface area contributed by atoms with E-state index in [1.54, 1.807) is 35.2 Å². The number of carbonyl (C=O) groups excluding carboxylic acids is 1. The Bertz CT molecular complexity index is 1500. The second kappa shape index (κ2) is 13.7. The van der Waals surface area contributed by atoms with Gasteiger partial charge in [0.1, 0.15) is 10.1 Å². The third-order valence-electron chi connectivity index (χ3n) is 6.59. The van der Waals surface area contributed by atoms with Crippen LogP contribution in [0.3, 0.4) is 0 Å². The fraction of sp³-hybridized carbons (Fsp3) is 0.276. The summed E-state index contributed by atoms with van der Waals surface area (Å²) in [5.74, 6) is -0.469. The van der Waals surface area contributed by atoms with Crippen molar-refractivity contribution in [3.8, 4) is 16.9 Å². The molecule has 7 nitrogen and oxygen atoms in total. The monoisotopic (exact) mass is 648 g/mol. The molecule has 214 valence electrons. The fourth-order valence-corrected chi connectivity index (χ4v) is 7.10. The highest BCUT2D eigenvalue weighted by Crippen LogP contribution is 2.37. The minimum Gasteiger partial charge on any atom is -0.493 e. The van der Waals surface area contributed by atoms with Crippen molar-refractivity contribution in [3.63, 3.8) is 0 Å². The highest BCUT2D eigenvalue weighted by Gasteiger charge is 2.31. The van der Waals surface area contributed by atoms with Gasteiger partial charge in [0.2, 0.25) is 0 Å². The number of carboxylic acids is 1. The molecule has 1 amide bonds. The van der Waals surface area contributed by atoms with Crippen molar-refractivity contribution in [2.24, 2.45) is 0 Å². The zero-order valence-electron chi connectivity index (χ0n) is 21.8. The lowest BCUT2D eigenvalue weighted by atomic mass is 10.1. The minimum atomic E-state index is -0.978. The van der Waals surface area contributed by atoms with E-state index in [4.69, 9.17) is 44.9 Å². The molecule has 3 heterocycles. The van der Waals surface area contributed by atoms with E-state index in [0.717, 1.165) is 34.7 Å². The summed E-state index contributed by atoms with van der Waals surface area (Å²) in [6, 6.07) is 12.2. The number of morpholine rings is 1. The highest BCUT2D eigenvalue weighted by molar-refractivity contribution is 8.26. The zero-order valence-corrected chi connectivity index (χ0v) is 25.8. The Morgan fingerprint density at radius 2 is 1.95 bits per heavy atom. The van der Waals surface area contributed by atoms with Crippen molar-refractivity contribution in [2.75, 3.05) is 39.5 Å². The first kappa shape index (κ1) is 30.0. The van der Waals surface area contributed by atoms with E-state index in [0.29, 0.717) is 64.4 Å². The molecule has 41 heavy (non-hydrogen) atoms. The van der Waals surface area contributed by atoms with Crippen molar-refractivity contribution >= 4 is 80.8 Å². The Morgan fingerprint density at radius 3 is 2.73 bits per heavy atom. The van der Waals surface area contributed by atoms with Crippen molar-refractivity contribution in [3.05, 3.63) is 78.8 Å². The van der Waals surface area contributed by atoms with E-state index < -0.39 is 5.97 Å². The predicted molar refractivity (Wildman–Crippen MR) is 169 cm³/mol. The number of amides is 1. The summed E-state index contributed by atoms with van der Waals surface area (Å²) in [6.45, 7) is 4.20. The molecule has 3 aromatic rings. The van der Waals surface area contributed by atoms with E-state index in [1.807, 2.05) is 23.6 Å². The first-order chi connectivity index (χ1) is 19.8. The number of carbonyl (C=O) groups is 2. The maximum Gasteiger partial charge on any atom is 0.335 e. The minimum absolute atomic E-state index is 0.130. The first-order valence-corrected chi connectivity index (χ1v) is 15.7. The molecule has 1 N–H and O–H groups in total. The van der Waals surface area contributed by atoms with E-state index in [1.165, 1.54) is 23.1 Å². The van der Waals surface area contributed by atoms with Gasteiger partial charge in [0.05, 0.1) is 30.3 Å². The second-order valence-corrected chi connectivity index (χ2v) is 12.9. The van der Waals surface area contributed by atoms with Gasteiger partial charge in [-0.15, -0.1) is 11.3 Å². The molecule has 12 heteroatoms. The molecular formula is C29H26Cl2N2O5S3. The number of benzene rings is 2. The van der Waals surface area contributed by atoms with E-state index in [-0.39, 0.29) is 11.5 Å². The lowest BCUT2D eigenvalue weighted by Gasteiger charge is -2.27. The molecule has 2 fully saturated rings. The molecule has 2 aromatic carbocycles. The molecule has 2 aliphatic heterocycles. The quantitative estimate of drug-likeness (QED) is 0.144. The molecule has 0 spiro atoms. The number of hydrogen-bond acceptors (Lipinski definition) is 8. The average Bonchev–Trinajstić information content (AvgIpc) is 3.53. The van der Waals surface area contributed by atoms with Gasteiger partial charge >= 0.3 is 5.97 Å². The van der Waals surface area contributed by atoms with Gasteiger partial charge in [0.25, 0.3) is 5.91 Å². The maximum atomic E-state index is 13.1. The van der Waals surface area contributed by atoms with Crippen LogP contribution in [0.5, 0.6) is 5.75 Å². The van der Waals surface area contributed by atoms with Gasteiger partial charge in [-0.2, -0.15) is 0 Å². The van der Waals surface area contributed by atoms with Crippen LogP contribution >= 0.6 is 58.5 Å². The summed E-state index contributed by atoms with van der Waals surface area (Å²) in [7, 11) is 0. The molecule has 5 rings (SSSR count). The predicted octanol–water partition coefficient (Wildman–Crippen LogP) is 6.92. The normalized spacial score (nSPS) is 17.0. The molecule has 0 saturated carbocycles. The van der Waals surface area contributed by atoms with Crippen molar-refractivity contribution in [2.45, 2.75) is 13.0 Å². The van der Waals surface area contributed by atoms with Gasteiger partial charge in [-0.1, -0.05) is 47.2 Å². The molecule has 0 radical (unpaired) electrons. The number of nitrogens with zero attached hydrogens (tertiary/aromatic N) is 2.